The molecule has 1 fully saturated rings. The number of rotatable bonds is 5. The number of nitrogens with zero attached hydrogens (tertiary/aromatic N) is 2. The molecule has 3 heterocycles. The van der Waals surface area contributed by atoms with Crippen molar-refractivity contribution in [1.82, 2.24) is 9.47 Å². The molecule has 0 spiro atoms. The number of allylic oxidation sites excluding steroid dienone is 1. The Bertz CT molecular complexity index is 976. The first kappa shape index (κ1) is 18.7. The lowest BCUT2D eigenvalue weighted by Crippen LogP contribution is -2.47. The Hall–Kier alpha value is -2.63. The van der Waals surface area contributed by atoms with Gasteiger partial charge >= 0.3 is 7.48 Å². The highest BCUT2D eigenvalue weighted by atomic mass is 16.4. The molecule has 0 aliphatic carbocycles. The van der Waals surface area contributed by atoms with E-state index in [1.54, 1.807) is 13.1 Å². The van der Waals surface area contributed by atoms with E-state index in [4.69, 9.17) is 4.65 Å². The third kappa shape index (κ3) is 3.43. The Labute approximate surface area is 166 Å². The van der Waals surface area contributed by atoms with Crippen molar-refractivity contribution in [2.45, 2.75) is 39.6 Å². The first-order chi connectivity index (χ1) is 13.4. The van der Waals surface area contributed by atoms with Crippen LogP contribution in [0.5, 0.6) is 11.5 Å². The zero-order chi connectivity index (χ0) is 19.8. The molecule has 1 aromatic carbocycles. The van der Waals surface area contributed by atoms with E-state index in [1.807, 2.05) is 4.57 Å². The van der Waals surface area contributed by atoms with Gasteiger partial charge in [-0.3, -0.25) is 4.79 Å². The van der Waals surface area contributed by atoms with Crippen molar-refractivity contribution >= 4 is 7.48 Å². The van der Waals surface area contributed by atoms with Crippen molar-refractivity contribution in [2.75, 3.05) is 13.1 Å². The van der Waals surface area contributed by atoms with Gasteiger partial charge in [0.05, 0.1) is 12.2 Å². The third-order valence-corrected chi connectivity index (χ3v) is 6.12. The van der Waals surface area contributed by atoms with Crippen LogP contribution in [-0.4, -0.2) is 35.1 Å². The zero-order valence-electron chi connectivity index (χ0n) is 16.7. The summed E-state index contributed by atoms with van der Waals surface area (Å²) in [7, 11) is 0.828. The largest absolute Gasteiger partial charge is 0.564 e. The number of hydrogen-bond donors (Lipinski definition) is 1. The van der Waals surface area contributed by atoms with Gasteiger partial charge in [0.25, 0.3) is 0 Å². The van der Waals surface area contributed by atoms with Crippen LogP contribution in [-0.2, 0) is 19.4 Å². The maximum absolute atomic E-state index is 11.5. The van der Waals surface area contributed by atoms with E-state index in [9.17, 15) is 9.90 Å². The molecule has 0 unspecified atom stereocenters. The average molecular weight is 378 g/mol. The SMILES string of the molecule is C=C(Cn1ccc(=O)c(O)c1C)N1CC(Cc2ccc3c(c2C)OBCC3)C1. The minimum Gasteiger partial charge on any atom is -0.564 e. The van der Waals surface area contributed by atoms with Gasteiger partial charge in [0, 0.05) is 31.0 Å². The highest BCUT2D eigenvalue weighted by Crippen LogP contribution is 2.33. The Morgan fingerprint density at radius 1 is 1.32 bits per heavy atom. The first-order valence-corrected chi connectivity index (χ1v) is 10.00. The third-order valence-electron chi connectivity index (χ3n) is 6.12. The van der Waals surface area contributed by atoms with Crippen LogP contribution in [0.3, 0.4) is 0 Å². The van der Waals surface area contributed by atoms with E-state index in [0.717, 1.165) is 51.2 Å². The van der Waals surface area contributed by atoms with Crippen LogP contribution in [0.15, 0.2) is 41.5 Å². The van der Waals surface area contributed by atoms with Gasteiger partial charge in [-0.15, -0.1) is 0 Å². The number of aromatic nitrogens is 1. The lowest BCUT2D eigenvalue weighted by Gasteiger charge is -2.43. The van der Waals surface area contributed by atoms with Gasteiger partial charge < -0.3 is 19.2 Å². The predicted molar refractivity (Wildman–Crippen MR) is 112 cm³/mol. The molecule has 2 aliphatic heterocycles. The number of aromatic hydroxyl groups is 1. The quantitative estimate of drug-likeness (QED) is 0.813. The predicted octanol–water partition coefficient (Wildman–Crippen LogP) is 2.56. The lowest BCUT2D eigenvalue weighted by molar-refractivity contribution is 0.136. The van der Waals surface area contributed by atoms with Crippen molar-refractivity contribution in [3.05, 3.63) is 69.3 Å². The van der Waals surface area contributed by atoms with Crippen LogP contribution in [0.4, 0.5) is 0 Å². The number of fused-ring (bicyclic) bond motifs is 1. The molecule has 0 atom stereocenters. The van der Waals surface area contributed by atoms with Gasteiger partial charge in [0.2, 0.25) is 5.43 Å². The van der Waals surface area contributed by atoms with Crippen LogP contribution < -0.4 is 10.1 Å². The molecule has 0 bridgehead atoms. The molecule has 5 nitrogen and oxygen atoms in total. The molecule has 146 valence electrons. The standard InChI is InChI=1S/C22H27BN2O3/c1-14(11-24-9-7-20(26)21(27)16(24)3)25-12-17(13-25)10-19-5-4-18-6-8-23-28-22(18)15(19)2/h4-5,7,9,17,23,27H,1,6,8,10-13H2,2-3H3. The fourth-order valence-electron chi connectivity index (χ4n) is 4.24. The van der Waals surface area contributed by atoms with Crippen LogP contribution in [0.1, 0.15) is 22.4 Å². The normalized spacial score (nSPS) is 16.0. The van der Waals surface area contributed by atoms with E-state index in [2.05, 4.69) is 30.5 Å². The molecule has 2 aliphatic rings. The molecule has 0 saturated carbocycles. The molecule has 1 aromatic heterocycles. The molecule has 0 amide bonds. The van der Waals surface area contributed by atoms with Gasteiger partial charge in [-0.2, -0.15) is 0 Å². The van der Waals surface area contributed by atoms with Crippen molar-refractivity contribution in [3.63, 3.8) is 0 Å². The lowest BCUT2D eigenvalue weighted by atomic mass is 9.83. The van der Waals surface area contributed by atoms with Gasteiger partial charge in [0.1, 0.15) is 5.75 Å². The minimum atomic E-state index is -0.340. The number of likely N-dealkylation sites (tertiary alicyclic amines) is 1. The summed E-state index contributed by atoms with van der Waals surface area (Å²) in [4.78, 5) is 13.8. The molecule has 1 saturated heterocycles. The minimum absolute atomic E-state index is 0.179. The molecule has 1 N–H and O–H groups in total. The van der Waals surface area contributed by atoms with E-state index in [0.29, 0.717) is 18.2 Å². The Morgan fingerprint density at radius 2 is 2.11 bits per heavy atom. The molecule has 4 rings (SSSR count). The Balaban J connectivity index is 1.36. The van der Waals surface area contributed by atoms with Crippen LogP contribution in [0.2, 0.25) is 6.32 Å². The molecular formula is C22H27BN2O3. The maximum atomic E-state index is 11.5. The van der Waals surface area contributed by atoms with Gasteiger partial charge in [-0.05, 0) is 55.6 Å². The summed E-state index contributed by atoms with van der Waals surface area (Å²) in [5.74, 6) is 1.54. The van der Waals surface area contributed by atoms with Gasteiger partial charge in [-0.1, -0.05) is 18.7 Å². The summed E-state index contributed by atoms with van der Waals surface area (Å²) in [6.07, 6.45) is 5.01. The van der Waals surface area contributed by atoms with Crippen molar-refractivity contribution in [2.24, 2.45) is 5.92 Å². The highest BCUT2D eigenvalue weighted by molar-refractivity contribution is 6.29. The number of pyridine rings is 1. The van der Waals surface area contributed by atoms with Crippen molar-refractivity contribution < 1.29 is 9.76 Å². The van der Waals surface area contributed by atoms with E-state index in [1.165, 1.54) is 22.8 Å². The van der Waals surface area contributed by atoms with Gasteiger partial charge in [-0.25, -0.2) is 0 Å². The van der Waals surface area contributed by atoms with Gasteiger partial charge in [0.15, 0.2) is 5.75 Å². The maximum Gasteiger partial charge on any atom is 0.340 e. The summed E-state index contributed by atoms with van der Waals surface area (Å²) in [6, 6.07) is 5.90. The fourth-order valence-corrected chi connectivity index (χ4v) is 4.24. The number of benzene rings is 1. The second kappa shape index (κ2) is 7.42. The fraction of sp³-hybridized carbons (Fsp3) is 0.409. The Kier molecular flexibility index (Phi) is 4.96. The smallest absolute Gasteiger partial charge is 0.340 e. The number of hydrogen-bond acceptors (Lipinski definition) is 4. The summed E-state index contributed by atoms with van der Waals surface area (Å²) >= 11 is 0. The van der Waals surface area contributed by atoms with Crippen molar-refractivity contribution in [1.29, 1.82) is 0 Å². The summed E-state index contributed by atoms with van der Waals surface area (Å²) in [6.45, 7) is 10.7. The van der Waals surface area contributed by atoms with Crippen LogP contribution in [0.25, 0.3) is 0 Å². The van der Waals surface area contributed by atoms with E-state index in [-0.39, 0.29) is 11.2 Å². The second-order valence-electron chi connectivity index (χ2n) is 8.07. The number of aryl methyl sites for hydroxylation is 1. The first-order valence-electron chi connectivity index (χ1n) is 10.00. The summed E-state index contributed by atoms with van der Waals surface area (Å²) in [5, 5.41) is 9.84. The summed E-state index contributed by atoms with van der Waals surface area (Å²) < 4.78 is 7.79. The van der Waals surface area contributed by atoms with Crippen LogP contribution >= 0.6 is 0 Å². The van der Waals surface area contributed by atoms with E-state index < -0.39 is 0 Å². The van der Waals surface area contributed by atoms with Crippen molar-refractivity contribution in [3.8, 4) is 11.5 Å². The molecule has 28 heavy (non-hydrogen) atoms. The Morgan fingerprint density at radius 3 is 2.89 bits per heavy atom. The second-order valence-corrected chi connectivity index (χ2v) is 8.07. The molecular weight excluding hydrogens is 351 g/mol. The molecule has 2 aromatic rings. The topological polar surface area (TPSA) is 54.7 Å². The highest BCUT2D eigenvalue weighted by Gasteiger charge is 2.29. The summed E-state index contributed by atoms with van der Waals surface area (Å²) in [5.41, 5.74) is 5.28. The van der Waals surface area contributed by atoms with Crippen LogP contribution in [0, 0.1) is 19.8 Å². The molecule has 0 radical (unpaired) electrons. The van der Waals surface area contributed by atoms with E-state index >= 15 is 0 Å². The average Bonchev–Trinajstić information content (AvgIpc) is 2.66. The zero-order valence-corrected chi connectivity index (χ0v) is 16.7. The molecule has 6 heteroatoms. The monoisotopic (exact) mass is 378 g/mol.